The van der Waals surface area contributed by atoms with Gasteiger partial charge in [0.25, 0.3) is 0 Å². The van der Waals surface area contributed by atoms with Gasteiger partial charge in [-0.1, -0.05) is 0 Å². The molecule has 0 saturated carbocycles. The van der Waals surface area contributed by atoms with E-state index in [4.69, 9.17) is 4.74 Å². The first-order chi connectivity index (χ1) is 7.89. The molecule has 5 heteroatoms. The Balaban J connectivity index is 2.88. The lowest BCUT2D eigenvalue weighted by molar-refractivity contribution is 0.0343. The van der Waals surface area contributed by atoms with Gasteiger partial charge in [0.05, 0.1) is 5.60 Å². The van der Waals surface area contributed by atoms with Crippen LogP contribution < -0.4 is 10.6 Å². The van der Waals surface area contributed by atoms with Crippen molar-refractivity contribution in [3.8, 4) is 0 Å². The van der Waals surface area contributed by atoms with Crippen LogP contribution in [0, 0.1) is 13.8 Å². The van der Waals surface area contributed by atoms with E-state index in [1.165, 1.54) is 0 Å². The van der Waals surface area contributed by atoms with E-state index in [9.17, 15) is 0 Å². The highest BCUT2D eigenvalue weighted by molar-refractivity contribution is 5.57. The van der Waals surface area contributed by atoms with Crippen LogP contribution >= 0.6 is 0 Å². The maximum absolute atomic E-state index is 5.36. The van der Waals surface area contributed by atoms with Crippen LogP contribution in [0.25, 0.3) is 0 Å². The second-order valence-corrected chi connectivity index (χ2v) is 4.66. The van der Waals surface area contributed by atoms with Gasteiger partial charge >= 0.3 is 0 Å². The van der Waals surface area contributed by atoms with Gasteiger partial charge in [-0.15, -0.1) is 0 Å². The molecule has 1 aromatic rings. The zero-order valence-corrected chi connectivity index (χ0v) is 11.5. The molecule has 2 N–H and O–H groups in total. The van der Waals surface area contributed by atoms with Crippen LogP contribution in [-0.2, 0) is 4.74 Å². The van der Waals surface area contributed by atoms with E-state index < -0.39 is 0 Å². The monoisotopic (exact) mass is 238 g/mol. The second-order valence-electron chi connectivity index (χ2n) is 4.66. The average molecular weight is 238 g/mol. The number of rotatable bonds is 5. The van der Waals surface area contributed by atoms with Gasteiger partial charge in [-0.25, -0.2) is 9.97 Å². The third-order valence-electron chi connectivity index (χ3n) is 2.73. The predicted octanol–water partition coefficient (Wildman–Crippen LogP) is 1.97. The van der Waals surface area contributed by atoms with Crippen molar-refractivity contribution in [1.29, 1.82) is 0 Å². The molecule has 0 aliphatic heterocycles. The van der Waals surface area contributed by atoms with Crippen LogP contribution in [0.15, 0.2) is 0 Å². The second kappa shape index (κ2) is 5.31. The van der Waals surface area contributed by atoms with Gasteiger partial charge in [0, 0.05) is 26.3 Å². The molecular weight excluding hydrogens is 216 g/mol. The van der Waals surface area contributed by atoms with Crippen molar-refractivity contribution in [2.75, 3.05) is 31.3 Å². The summed E-state index contributed by atoms with van der Waals surface area (Å²) in [7, 11) is 3.57. The Morgan fingerprint density at radius 2 is 1.76 bits per heavy atom. The van der Waals surface area contributed by atoms with E-state index in [0.717, 1.165) is 23.0 Å². The number of anilines is 2. The molecule has 1 heterocycles. The maximum atomic E-state index is 5.36. The first-order valence-corrected chi connectivity index (χ1v) is 5.71. The van der Waals surface area contributed by atoms with Crippen molar-refractivity contribution in [2.45, 2.75) is 33.3 Å². The minimum Gasteiger partial charge on any atom is -0.377 e. The van der Waals surface area contributed by atoms with Gasteiger partial charge in [-0.3, -0.25) is 0 Å². The van der Waals surface area contributed by atoms with Crippen molar-refractivity contribution in [3.05, 3.63) is 11.4 Å². The molecule has 5 nitrogen and oxygen atoms in total. The summed E-state index contributed by atoms with van der Waals surface area (Å²) in [4.78, 5) is 8.72. The molecule has 96 valence electrons. The molecule has 0 atom stereocenters. The molecule has 0 radical (unpaired) electrons. The van der Waals surface area contributed by atoms with Gasteiger partial charge in [0.15, 0.2) is 0 Å². The molecule has 0 fully saturated rings. The lowest BCUT2D eigenvalue weighted by atomic mass is 10.1. The number of ether oxygens (including phenoxy) is 1. The smallest absolute Gasteiger partial charge is 0.134 e. The number of methoxy groups -OCH3 is 1. The normalized spacial score (nSPS) is 11.4. The Morgan fingerprint density at radius 1 is 1.18 bits per heavy atom. The average Bonchev–Trinajstić information content (AvgIpc) is 2.30. The number of nitrogens with zero attached hydrogens (tertiary/aromatic N) is 2. The fourth-order valence-electron chi connectivity index (χ4n) is 1.41. The quantitative estimate of drug-likeness (QED) is 0.821. The van der Waals surface area contributed by atoms with E-state index in [2.05, 4.69) is 20.6 Å². The fourth-order valence-corrected chi connectivity index (χ4v) is 1.41. The summed E-state index contributed by atoms with van der Waals surface area (Å²) >= 11 is 0. The number of aryl methyl sites for hydroxylation is 1. The van der Waals surface area contributed by atoms with Gasteiger partial charge in [-0.2, -0.15) is 0 Å². The van der Waals surface area contributed by atoms with E-state index >= 15 is 0 Å². The summed E-state index contributed by atoms with van der Waals surface area (Å²) in [6, 6.07) is 0. The summed E-state index contributed by atoms with van der Waals surface area (Å²) in [5.74, 6) is 2.46. The van der Waals surface area contributed by atoms with Crippen LogP contribution in [0.2, 0.25) is 0 Å². The van der Waals surface area contributed by atoms with Crippen LogP contribution in [0.3, 0.4) is 0 Å². The molecule has 0 bridgehead atoms. The summed E-state index contributed by atoms with van der Waals surface area (Å²) in [6.07, 6.45) is 0. The lowest BCUT2D eigenvalue weighted by Gasteiger charge is -2.24. The Hall–Kier alpha value is -1.36. The van der Waals surface area contributed by atoms with Crippen molar-refractivity contribution in [3.63, 3.8) is 0 Å². The molecule has 1 aromatic heterocycles. The van der Waals surface area contributed by atoms with Crippen LogP contribution in [-0.4, -0.2) is 36.3 Å². The zero-order valence-electron chi connectivity index (χ0n) is 11.5. The van der Waals surface area contributed by atoms with Crippen LogP contribution in [0.4, 0.5) is 11.6 Å². The highest BCUT2D eigenvalue weighted by Crippen LogP contribution is 2.20. The molecule has 0 amide bonds. The van der Waals surface area contributed by atoms with Gasteiger partial charge in [0.1, 0.15) is 17.5 Å². The molecule has 0 saturated heterocycles. The molecule has 0 unspecified atom stereocenters. The predicted molar refractivity (Wildman–Crippen MR) is 70.6 cm³/mol. The zero-order chi connectivity index (χ0) is 13.1. The summed E-state index contributed by atoms with van der Waals surface area (Å²) in [5, 5.41) is 6.37. The lowest BCUT2D eigenvalue weighted by Crippen LogP contribution is -2.32. The first kappa shape index (κ1) is 13.7. The van der Waals surface area contributed by atoms with E-state index in [-0.39, 0.29) is 5.60 Å². The molecule has 1 rings (SSSR count). The topological polar surface area (TPSA) is 59.1 Å². The third-order valence-corrected chi connectivity index (χ3v) is 2.73. The van der Waals surface area contributed by atoms with Crippen molar-refractivity contribution >= 4 is 11.6 Å². The SMILES string of the molecule is CNc1nc(C)nc(NCC(C)(C)OC)c1C. The fraction of sp³-hybridized carbons (Fsp3) is 0.667. The molecule has 0 spiro atoms. The van der Waals surface area contributed by atoms with Gasteiger partial charge < -0.3 is 15.4 Å². The summed E-state index contributed by atoms with van der Waals surface area (Å²) < 4.78 is 5.36. The molecule has 0 aliphatic carbocycles. The molecule has 0 aromatic carbocycles. The van der Waals surface area contributed by atoms with Crippen LogP contribution in [0.1, 0.15) is 25.2 Å². The molecular formula is C12H22N4O. The Morgan fingerprint density at radius 3 is 2.29 bits per heavy atom. The van der Waals surface area contributed by atoms with Crippen molar-refractivity contribution in [2.24, 2.45) is 0 Å². The largest absolute Gasteiger partial charge is 0.377 e. The summed E-state index contributed by atoms with van der Waals surface area (Å²) in [5.41, 5.74) is 0.801. The number of hydrogen-bond acceptors (Lipinski definition) is 5. The number of nitrogens with one attached hydrogen (secondary N) is 2. The van der Waals surface area contributed by atoms with Crippen molar-refractivity contribution in [1.82, 2.24) is 9.97 Å². The Bertz CT molecular complexity index is 390. The highest BCUT2D eigenvalue weighted by atomic mass is 16.5. The maximum Gasteiger partial charge on any atom is 0.134 e. The Kier molecular flexibility index (Phi) is 4.28. The Labute approximate surface area is 103 Å². The standard InChI is InChI=1S/C12H22N4O/c1-8-10(13-5)15-9(2)16-11(8)14-7-12(3,4)17-6/h7H2,1-6H3,(H2,13,14,15,16). The highest BCUT2D eigenvalue weighted by Gasteiger charge is 2.17. The van der Waals surface area contributed by atoms with E-state index in [1.807, 2.05) is 34.7 Å². The third kappa shape index (κ3) is 3.56. The van der Waals surface area contributed by atoms with Crippen LogP contribution in [0.5, 0.6) is 0 Å². The number of hydrogen-bond donors (Lipinski definition) is 2. The molecule has 0 aliphatic rings. The summed E-state index contributed by atoms with van der Waals surface area (Å²) in [6.45, 7) is 8.63. The first-order valence-electron chi connectivity index (χ1n) is 5.71. The minimum absolute atomic E-state index is 0.217. The van der Waals surface area contributed by atoms with Gasteiger partial charge in [-0.05, 0) is 27.7 Å². The van der Waals surface area contributed by atoms with E-state index in [0.29, 0.717) is 6.54 Å². The van der Waals surface area contributed by atoms with Gasteiger partial charge in [0.2, 0.25) is 0 Å². The van der Waals surface area contributed by atoms with Crippen molar-refractivity contribution < 1.29 is 4.74 Å². The van der Waals surface area contributed by atoms with E-state index in [1.54, 1.807) is 7.11 Å². The number of aromatic nitrogens is 2. The molecule has 17 heavy (non-hydrogen) atoms. The minimum atomic E-state index is -0.217.